The Labute approximate surface area is 88.0 Å². The van der Waals surface area contributed by atoms with Crippen LogP contribution in [0.3, 0.4) is 0 Å². The summed E-state index contributed by atoms with van der Waals surface area (Å²) >= 11 is 0. The maximum atomic E-state index is 11.5. The summed E-state index contributed by atoms with van der Waals surface area (Å²) in [5.74, 6) is -0.217. The van der Waals surface area contributed by atoms with Crippen LogP contribution in [0.2, 0.25) is 0 Å². The Morgan fingerprint density at radius 1 is 1.60 bits per heavy atom. The molecule has 1 amide bonds. The van der Waals surface area contributed by atoms with E-state index in [1.54, 1.807) is 6.07 Å². The van der Waals surface area contributed by atoms with E-state index in [2.05, 4.69) is 10.3 Å². The van der Waals surface area contributed by atoms with Crippen molar-refractivity contribution < 1.29 is 4.79 Å². The molecule has 0 unspecified atom stereocenters. The number of hydrogen-bond donors (Lipinski definition) is 2. The molecule has 4 heteroatoms. The van der Waals surface area contributed by atoms with Crippen molar-refractivity contribution in [1.29, 1.82) is 0 Å². The van der Waals surface area contributed by atoms with Crippen molar-refractivity contribution in [2.75, 3.05) is 6.54 Å². The highest BCUT2D eigenvalue weighted by molar-refractivity contribution is 5.93. The molecule has 1 aromatic rings. The first-order valence-corrected chi connectivity index (χ1v) is 4.82. The zero-order valence-electron chi connectivity index (χ0n) is 8.62. The monoisotopic (exact) mass is 206 g/mol. The topological polar surface area (TPSA) is 62.0 Å². The van der Waals surface area contributed by atoms with E-state index in [1.807, 2.05) is 19.1 Å². The van der Waals surface area contributed by atoms with E-state index in [0.717, 1.165) is 6.42 Å². The fraction of sp³-hybridized carbons (Fsp3) is 0.273. The molecule has 0 aromatic carbocycles. The van der Waals surface area contributed by atoms with Crippen molar-refractivity contribution in [2.45, 2.75) is 13.3 Å². The molecule has 1 heterocycles. The van der Waals surface area contributed by atoms with Crippen LogP contribution in [0.1, 0.15) is 23.7 Å². The van der Waals surface area contributed by atoms with Crippen molar-refractivity contribution in [3.63, 3.8) is 0 Å². The minimum absolute atomic E-state index is 0.217. The Morgan fingerprint density at radius 3 is 3.07 bits per heavy atom. The Morgan fingerprint density at radius 2 is 2.40 bits per heavy atom. The van der Waals surface area contributed by atoms with Gasteiger partial charge in [0.25, 0.3) is 5.91 Å². The number of rotatable bonds is 4. The first-order valence-electron chi connectivity index (χ1n) is 4.82. The van der Waals surface area contributed by atoms with Crippen LogP contribution in [-0.4, -0.2) is 17.4 Å². The van der Waals surface area contributed by atoms with Gasteiger partial charge in [-0.1, -0.05) is 12.2 Å². The Balaban J connectivity index is 2.50. The van der Waals surface area contributed by atoms with E-state index in [9.17, 15) is 9.59 Å². The summed E-state index contributed by atoms with van der Waals surface area (Å²) in [7, 11) is 0. The second kappa shape index (κ2) is 5.80. The fourth-order valence-electron chi connectivity index (χ4n) is 1.12. The number of hydrogen-bond acceptors (Lipinski definition) is 2. The number of aromatic nitrogens is 1. The summed E-state index contributed by atoms with van der Waals surface area (Å²) in [5, 5.41) is 2.72. The van der Waals surface area contributed by atoms with Crippen molar-refractivity contribution in [3.8, 4) is 0 Å². The van der Waals surface area contributed by atoms with E-state index in [1.165, 1.54) is 12.3 Å². The van der Waals surface area contributed by atoms with E-state index < -0.39 is 0 Å². The highest BCUT2D eigenvalue weighted by Gasteiger charge is 2.03. The second-order valence-corrected chi connectivity index (χ2v) is 3.06. The average molecular weight is 206 g/mol. The first-order chi connectivity index (χ1) is 7.24. The molecule has 1 aromatic heterocycles. The third kappa shape index (κ3) is 3.81. The first kappa shape index (κ1) is 11.2. The Kier molecular flexibility index (Phi) is 4.34. The molecule has 0 aliphatic heterocycles. The smallest absolute Gasteiger partial charge is 0.251 e. The van der Waals surface area contributed by atoms with E-state index >= 15 is 0 Å². The molecule has 0 aliphatic rings. The number of aromatic amines is 1. The molecule has 0 aliphatic carbocycles. The molecule has 0 saturated heterocycles. The minimum Gasteiger partial charge on any atom is -0.352 e. The summed E-state index contributed by atoms with van der Waals surface area (Å²) in [6.07, 6.45) is 6.16. The van der Waals surface area contributed by atoms with Crippen molar-refractivity contribution >= 4 is 5.91 Å². The number of nitrogens with one attached hydrogen (secondary N) is 2. The molecule has 80 valence electrons. The molecule has 0 atom stereocenters. The lowest BCUT2D eigenvalue weighted by atomic mass is 10.2. The van der Waals surface area contributed by atoms with Crippen LogP contribution >= 0.6 is 0 Å². The normalized spacial score (nSPS) is 10.5. The predicted octanol–water partition coefficient (Wildman–Crippen LogP) is 1.07. The van der Waals surface area contributed by atoms with Gasteiger partial charge in [-0.3, -0.25) is 9.59 Å². The lowest BCUT2D eigenvalue weighted by Gasteiger charge is -2.02. The Hall–Kier alpha value is -1.84. The van der Waals surface area contributed by atoms with Gasteiger partial charge in [-0.15, -0.1) is 0 Å². The van der Waals surface area contributed by atoms with Crippen LogP contribution < -0.4 is 10.9 Å². The van der Waals surface area contributed by atoms with Crippen LogP contribution in [-0.2, 0) is 0 Å². The van der Waals surface area contributed by atoms with Gasteiger partial charge in [-0.25, -0.2) is 0 Å². The lowest BCUT2D eigenvalue weighted by Crippen LogP contribution is -2.25. The third-order valence-corrected chi connectivity index (χ3v) is 1.87. The standard InChI is InChI=1S/C11H14N2O2/c1-2-3-4-6-13-11(15)9-5-7-12-10(14)8-9/h2-3,5,7-8H,4,6H2,1H3,(H,12,14)(H,13,15)/b3-2+. The number of allylic oxidation sites excluding steroid dienone is 1. The third-order valence-electron chi connectivity index (χ3n) is 1.87. The summed E-state index contributed by atoms with van der Waals surface area (Å²) < 4.78 is 0. The van der Waals surface area contributed by atoms with Gasteiger partial charge in [-0.05, 0) is 19.4 Å². The largest absolute Gasteiger partial charge is 0.352 e. The maximum Gasteiger partial charge on any atom is 0.251 e. The molecule has 0 fully saturated rings. The van der Waals surface area contributed by atoms with Crippen molar-refractivity contribution in [1.82, 2.24) is 10.3 Å². The van der Waals surface area contributed by atoms with Crippen LogP contribution in [0, 0.1) is 0 Å². The molecule has 0 bridgehead atoms. The van der Waals surface area contributed by atoms with Gasteiger partial charge in [0, 0.05) is 24.4 Å². The van der Waals surface area contributed by atoms with Gasteiger partial charge in [0.05, 0.1) is 0 Å². The van der Waals surface area contributed by atoms with Gasteiger partial charge in [0.1, 0.15) is 0 Å². The SMILES string of the molecule is C/C=C/CCNC(=O)c1cc[nH]c(=O)c1. The highest BCUT2D eigenvalue weighted by atomic mass is 16.2. The summed E-state index contributed by atoms with van der Waals surface area (Å²) in [5.41, 5.74) is 0.121. The minimum atomic E-state index is -0.267. The van der Waals surface area contributed by atoms with Crippen LogP contribution in [0.5, 0.6) is 0 Å². The van der Waals surface area contributed by atoms with Crippen LogP contribution in [0.4, 0.5) is 0 Å². The number of amides is 1. The molecule has 0 radical (unpaired) electrons. The predicted molar refractivity (Wildman–Crippen MR) is 58.8 cm³/mol. The zero-order valence-corrected chi connectivity index (χ0v) is 8.62. The van der Waals surface area contributed by atoms with Gasteiger partial charge in [0.15, 0.2) is 0 Å². The van der Waals surface area contributed by atoms with E-state index in [4.69, 9.17) is 0 Å². The van der Waals surface area contributed by atoms with Crippen molar-refractivity contribution in [3.05, 3.63) is 46.4 Å². The summed E-state index contributed by atoms with van der Waals surface area (Å²) in [6.45, 7) is 2.51. The summed E-state index contributed by atoms with van der Waals surface area (Å²) in [4.78, 5) is 24.9. The summed E-state index contributed by atoms with van der Waals surface area (Å²) in [6, 6.07) is 2.86. The molecule has 1 rings (SSSR count). The van der Waals surface area contributed by atoms with Gasteiger partial charge < -0.3 is 10.3 Å². The maximum absolute atomic E-state index is 11.5. The van der Waals surface area contributed by atoms with Crippen LogP contribution in [0.15, 0.2) is 35.3 Å². The number of pyridine rings is 1. The lowest BCUT2D eigenvalue weighted by molar-refractivity contribution is 0.0954. The van der Waals surface area contributed by atoms with E-state index in [-0.39, 0.29) is 11.5 Å². The zero-order chi connectivity index (χ0) is 11.1. The van der Waals surface area contributed by atoms with Gasteiger partial charge in [0.2, 0.25) is 5.56 Å². The molecule has 4 nitrogen and oxygen atoms in total. The molecule has 0 saturated carbocycles. The number of H-pyrrole nitrogens is 1. The fourth-order valence-corrected chi connectivity index (χ4v) is 1.12. The second-order valence-electron chi connectivity index (χ2n) is 3.06. The number of carbonyl (C=O) groups is 1. The van der Waals surface area contributed by atoms with E-state index in [0.29, 0.717) is 12.1 Å². The molecule has 2 N–H and O–H groups in total. The Bertz CT molecular complexity index is 407. The van der Waals surface area contributed by atoms with Crippen LogP contribution in [0.25, 0.3) is 0 Å². The average Bonchev–Trinajstić information content (AvgIpc) is 2.24. The molecule has 0 spiro atoms. The quantitative estimate of drug-likeness (QED) is 0.571. The highest BCUT2D eigenvalue weighted by Crippen LogP contribution is 1.92. The molecule has 15 heavy (non-hydrogen) atoms. The van der Waals surface area contributed by atoms with Gasteiger partial charge >= 0.3 is 0 Å². The van der Waals surface area contributed by atoms with Gasteiger partial charge in [-0.2, -0.15) is 0 Å². The molecular weight excluding hydrogens is 192 g/mol. The molecular formula is C11H14N2O2. The van der Waals surface area contributed by atoms with Crippen molar-refractivity contribution in [2.24, 2.45) is 0 Å². The number of carbonyl (C=O) groups excluding carboxylic acids is 1.